The molecule has 0 amide bonds. The largest absolute Gasteiger partial charge is 0.467 e. The number of rotatable bonds is 5. The van der Waals surface area contributed by atoms with Crippen LogP contribution in [0.1, 0.15) is 11.4 Å². The van der Waals surface area contributed by atoms with E-state index >= 15 is 0 Å². The number of aromatic amines is 1. The molecule has 0 aliphatic carbocycles. The normalized spacial score (nSPS) is 10.2. The van der Waals surface area contributed by atoms with E-state index in [-0.39, 0.29) is 0 Å². The van der Waals surface area contributed by atoms with Crippen molar-refractivity contribution in [2.45, 2.75) is 13.3 Å². The van der Waals surface area contributed by atoms with E-state index in [4.69, 9.17) is 0 Å². The molecule has 0 radical (unpaired) electrons. The molecule has 0 fully saturated rings. The first-order chi connectivity index (χ1) is 8.29. The minimum atomic E-state index is 0.352. The number of aromatic nitrogens is 2. The smallest absolute Gasteiger partial charge is 0.293 e. The summed E-state index contributed by atoms with van der Waals surface area (Å²) in [5, 5.41) is 0. The number of aryl methyl sites for hydroxylation is 1. The van der Waals surface area contributed by atoms with Crippen LogP contribution in [0.15, 0.2) is 30.5 Å². The molecule has 17 heavy (non-hydrogen) atoms. The minimum absolute atomic E-state index is 0.352. The Morgan fingerprint density at radius 1 is 1.35 bits per heavy atom. The van der Waals surface area contributed by atoms with Crippen molar-refractivity contribution in [3.63, 3.8) is 0 Å². The van der Waals surface area contributed by atoms with Crippen molar-refractivity contribution in [2.75, 3.05) is 6.61 Å². The van der Waals surface area contributed by atoms with Gasteiger partial charge in [-0.05, 0) is 12.5 Å². The number of ether oxygens (including phenoxy) is 1. The molecule has 0 aliphatic heterocycles. The van der Waals surface area contributed by atoms with Gasteiger partial charge in [0, 0.05) is 6.42 Å². The Hall–Kier alpha value is -2.10. The van der Waals surface area contributed by atoms with Crippen molar-refractivity contribution in [1.29, 1.82) is 0 Å². The van der Waals surface area contributed by atoms with Crippen LogP contribution < -0.4 is 0 Å². The fraction of sp³-hybridized carbons (Fsp3) is 0.231. The molecule has 0 saturated carbocycles. The number of nitrogens with zero attached hydrogens (tertiary/aromatic N) is 1. The first kappa shape index (κ1) is 11.4. The summed E-state index contributed by atoms with van der Waals surface area (Å²) in [6.07, 6.45) is 2.39. The highest BCUT2D eigenvalue weighted by Gasteiger charge is 2.02. The molecule has 4 nitrogen and oxygen atoms in total. The summed E-state index contributed by atoms with van der Waals surface area (Å²) >= 11 is 0. The highest BCUT2D eigenvalue weighted by Crippen LogP contribution is 2.17. The Morgan fingerprint density at radius 2 is 2.12 bits per heavy atom. The van der Waals surface area contributed by atoms with Gasteiger partial charge in [-0.25, -0.2) is 4.98 Å². The van der Waals surface area contributed by atoms with Crippen molar-refractivity contribution < 1.29 is 9.53 Å². The molecule has 88 valence electrons. The van der Waals surface area contributed by atoms with E-state index in [1.54, 1.807) is 6.20 Å². The van der Waals surface area contributed by atoms with E-state index in [1.807, 2.05) is 0 Å². The molecular weight excluding hydrogens is 216 g/mol. The zero-order valence-corrected chi connectivity index (χ0v) is 9.64. The molecule has 0 bridgehead atoms. The number of hydrogen-bond acceptors (Lipinski definition) is 3. The van der Waals surface area contributed by atoms with Crippen LogP contribution in [0.3, 0.4) is 0 Å². The standard InChI is InChI=1S/C13H14N2O2/c1-10-2-4-11(5-3-10)12-8-14-13(15-12)6-7-17-9-16/h2-5,8-9H,6-7H2,1H3,(H,14,15). The predicted octanol–water partition coefficient (Wildman–Crippen LogP) is 2.10. The van der Waals surface area contributed by atoms with Crippen LogP contribution in [0.5, 0.6) is 0 Å². The lowest BCUT2D eigenvalue weighted by molar-refractivity contribution is -0.128. The second kappa shape index (κ2) is 5.30. The molecule has 1 heterocycles. The highest BCUT2D eigenvalue weighted by molar-refractivity contribution is 5.58. The SMILES string of the molecule is Cc1ccc(-c2cnc(CCOC=O)[nH]2)cc1. The van der Waals surface area contributed by atoms with Crippen molar-refractivity contribution in [1.82, 2.24) is 9.97 Å². The second-order valence-electron chi connectivity index (χ2n) is 3.83. The molecule has 0 spiro atoms. The first-order valence-corrected chi connectivity index (χ1v) is 5.46. The van der Waals surface area contributed by atoms with Crippen LogP contribution in [-0.2, 0) is 16.0 Å². The average molecular weight is 230 g/mol. The van der Waals surface area contributed by atoms with Crippen LogP contribution in [0.2, 0.25) is 0 Å². The molecular formula is C13H14N2O2. The Labute approximate surface area is 99.7 Å². The van der Waals surface area contributed by atoms with Crippen LogP contribution in [0.4, 0.5) is 0 Å². The zero-order chi connectivity index (χ0) is 12.1. The summed E-state index contributed by atoms with van der Waals surface area (Å²) in [6.45, 7) is 2.85. The lowest BCUT2D eigenvalue weighted by atomic mass is 10.1. The summed E-state index contributed by atoms with van der Waals surface area (Å²) in [5.74, 6) is 0.822. The van der Waals surface area contributed by atoms with Crippen molar-refractivity contribution in [3.05, 3.63) is 41.9 Å². The number of carbonyl (C=O) groups is 1. The van der Waals surface area contributed by atoms with E-state index < -0.39 is 0 Å². The third-order valence-electron chi connectivity index (χ3n) is 2.52. The third-order valence-corrected chi connectivity index (χ3v) is 2.52. The molecule has 0 saturated heterocycles. The quantitative estimate of drug-likeness (QED) is 0.632. The van der Waals surface area contributed by atoms with E-state index in [0.29, 0.717) is 19.5 Å². The molecule has 0 unspecified atom stereocenters. The van der Waals surface area contributed by atoms with Crippen molar-refractivity contribution in [3.8, 4) is 11.3 Å². The summed E-state index contributed by atoms with van der Waals surface area (Å²) in [7, 11) is 0. The Morgan fingerprint density at radius 3 is 2.82 bits per heavy atom. The summed E-state index contributed by atoms with van der Waals surface area (Å²) < 4.78 is 4.63. The number of carbonyl (C=O) groups excluding carboxylic acids is 1. The molecule has 1 N–H and O–H groups in total. The molecule has 2 aromatic rings. The second-order valence-corrected chi connectivity index (χ2v) is 3.83. The Balaban J connectivity index is 2.07. The number of benzene rings is 1. The number of nitrogens with one attached hydrogen (secondary N) is 1. The van der Waals surface area contributed by atoms with Gasteiger partial charge in [0.2, 0.25) is 0 Å². The Kier molecular flexibility index (Phi) is 3.55. The number of imidazole rings is 1. The Bertz CT molecular complexity index is 488. The molecule has 0 aliphatic rings. The van der Waals surface area contributed by atoms with Gasteiger partial charge < -0.3 is 9.72 Å². The molecule has 4 heteroatoms. The van der Waals surface area contributed by atoms with E-state index in [2.05, 4.69) is 45.9 Å². The van der Waals surface area contributed by atoms with Gasteiger partial charge in [-0.15, -0.1) is 0 Å². The predicted molar refractivity (Wildman–Crippen MR) is 64.5 cm³/mol. The highest BCUT2D eigenvalue weighted by atomic mass is 16.5. The number of H-pyrrole nitrogens is 1. The van der Waals surface area contributed by atoms with E-state index in [0.717, 1.165) is 17.1 Å². The van der Waals surface area contributed by atoms with Gasteiger partial charge in [0.05, 0.1) is 18.5 Å². The summed E-state index contributed by atoms with van der Waals surface area (Å²) in [6, 6.07) is 8.22. The molecule has 1 aromatic carbocycles. The summed E-state index contributed by atoms with van der Waals surface area (Å²) in [5.41, 5.74) is 3.31. The van der Waals surface area contributed by atoms with Gasteiger partial charge in [0.1, 0.15) is 5.82 Å². The van der Waals surface area contributed by atoms with Crippen LogP contribution in [0.25, 0.3) is 11.3 Å². The fourth-order valence-corrected chi connectivity index (χ4v) is 1.57. The molecule has 2 rings (SSSR count). The van der Waals surface area contributed by atoms with Gasteiger partial charge >= 0.3 is 0 Å². The first-order valence-electron chi connectivity index (χ1n) is 5.46. The van der Waals surface area contributed by atoms with Gasteiger partial charge in [0.25, 0.3) is 6.47 Å². The minimum Gasteiger partial charge on any atom is -0.467 e. The fourth-order valence-electron chi connectivity index (χ4n) is 1.57. The average Bonchev–Trinajstić information content (AvgIpc) is 2.79. The number of hydrogen-bond donors (Lipinski definition) is 1. The van der Waals surface area contributed by atoms with Crippen LogP contribution in [0, 0.1) is 6.92 Å². The van der Waals surface area contributed by atoms with Crippen LogP contribution >= 0.6 is 0 Å². The molecule has 1 aromatic heterocycles. The van der Waals surface area contributed by atoms with Crippen molar-refractivity contribution in [2.24, 2.45) is 0 Å². The monoisotopic (exact) mass is 230 g/mol. The maximum atomic E-state index is 10.0. The molecule has 0 atom stereocenters. The lowest BCUT2D eigenvalue weighted by Crippen LogP contribution is -1.98. The maximum absolute atomic E-state index is 10.0. The topological polar surface area (TPSA) is 55.0 Å². The summed E-state index contributed by atoms with van der Waals surface area (Å²) in [4.78, 5) is 17.4. The van der Waals surface area contributed by atoms with E-state index in [9.17, 15) is 4.79 Å². The maximum Gasteiger partial charge on any atom is 0.293 e. The zero-order valence-electron chi connectivity index (χ0n) is 9.64. The van der Waals surface area contributed by atoms with Crippen molar-refractivity contribution >= 4 is 6.47 Å². The van der Waals surface area contributed by atoms with Gasteiger partial charge in [-0.1, -0.05) is 29.8 Å². The van der Waals surface area contributed by atoms with E-state index in [1.165, 1.54) is 5.56 Å². The van der Waals surface area contributed by atoms with Gasteiger partial charge in [0.15, 0.2) is 0 Å². The van der Waals surface area contributed by atoms with Gasteiger partial charge in [-0.3, -0.25) is 4.79 Å². The third kappa shape index (κ3) is 2.93. The van der Waals surface area contributed by atoms with Crippen LogP contribution in [-0.4, -0.2) is 23.0 Å². The van der Waals surface area contributed by atoms with Gasteiger partial charge in [-0.2, -0.15) is 0 Å². The lowest BCUT2D eigenvalue weighted by Gasteiger charge is -1.98.